The summed E-state index contributed by atoms with van der Waals surface area (Å²) in [5, 5.41) is 10.4. The molecule has 0 aliphatic rings. The minimum absolute atomic E-state index is 0.0186. The van der Waals surface area contributed by atoms with E-state index in [-0.39, 0.29) is 5.69 Å². The zero-order chi connectivity index (χ0) is 9.30. The molecule has 0 amide bonds. The Bertz CT molecular complexity index is 341. The molecule has 1 aromatic rings. The van der Waals surface area contributed by atoms with Gasteiger partial charge in [0.25, 0.3) is 5.69 Å². The fraction of sp³-hybridized carbons (Fsp3) is 0.167. The average molecular weight is 296 g/mol. The molecule has 0 radical (unpaired) electrons. The molecule has 1 rings (SSSR count). The first kappa shape index (κ1) is 9.60. The summed E-state index contributed by atoms with van der Waals surface area (Å²) in [6.45, 7) is 1.66. The van der Waals surface area contributed by atoms with Gasteiger partial charge in [0.15, 0.2) is 0 Å². The van der Waals surface area contributed by atoms with E-state index in [1.54, 1.807) is 6.92 Å². The van der Waals surface area contributed by atoms with Crippen LogP contribution < -0.4 is 0 Å². The number of aromatic nitrogens is 1. The van der Waals surface area contributed by atoms with Gasteiger partial charge in [0, 0.05) is 5.56 Å². The van der Waals surface area contributed by atoms with E-state index in [9.17, 15) is 10.1 Å². The molecule has 1 aromatic heterocycles. The van der Waals surface area contributed by atoms with E-state index < -0.39 is 4.92 Å². The first-order chi connectivity index (χ1) is 5.54. The highest BCUT2D eigenvalue weighted by Gasteiger charge is 2.15. The maximum absolute atomic E-state index is 10.4. The Morgan fingerprint density at radius 1 is 1.58 bits per heavy atom. The van der Waals surface area contributed by atoms with Gasteiger partial charge in [-0.1, -0.05) is 0 Å². The molecule has 0 fully saturated rings. The lowest BCUT2D eigenvalue weighted by molar-refractivity contribution is -0.385. The quantitative estimate of drug-likeness (QED) is 0.455. The normalized spacial score (nSPS) is 9.92. The van der Waals surface area contributed by atoms with Gasteiger partial charge >= 0.3 is 0 Å². The molecule has 12 heavy (non-hydrogen) atoms. The summed E-state index contributed by atoms with van der Waals surface area (Å²) in [6.07, 6.45) is 1.23. The summed E-state index contributed by atoms with van der Waals surface area (Å²) >= 11 is 6.33. The number of pyridine rings is 1. The molecule has 0 aliphatic heterocycles. The van der Waals surface area contributed by atoms with Crippen molar-refractivity contribution in [1.29, 1.82) is 0 Å². The van der Waals surface area contributed by atoms with Crippen LogP contribution >= 0.6 is 31.9 Å². The summed E-state index contributed by atoms with van der Waals surface area (Å²) < 4.78 is 1.20. The van der Waals surface area contributed by atoms with Crippen molar-refractivity contribution in [3.63, 3.8) is 0 Å². The fourth-order valence-corrected chi connectivity index (χ4v) is 1.43. The van der Waals surface area contributed by atoms with E-state index in [0.29, 0.717) is 14.6 Å². The number of hydrogen-bond donors (Lipinski definition) is 0. The molecule has 0 atom stereocenters. The van der Waals surface area contributed by atoms with Crippen molar-refractivity contribution in [2.45, 2.75) is 6.92 Å². The highest BCUT2D eigenvalue weighted by molar-refractivity contribution is 9.13. The number of nitrogens with zero attached hydrogens (tertiary/aromatic N) is 2. The monoisotopic (exact) mass is 294 g/mol. The van der Waals surface area contributed by atoms with Crippen LogP contribution in [0, 0.1) is 17.0 Å². The summed E-state index contributed by atoms with van der Waals surface area (Å²) in [6, 6.07) is 0. The molecule has 0 unspecified atom stereocenters. The maximum atomic E-state index is 10.4. The predicted octanol–water partition coefficient (Wildman–Crippen LogP) is 2.82. The third kappa shape index (κ3) is 1.64. The van der Waals surface area contributed by atoms with Crippen LogP contribution in [-0.2, 0) is 0 Å². The number of halogens is 2. The number of hydrogen-bond acceptors (Lipinski definition) is 3. The van der Waals surface area contributed by atoms with E-state index >= 15 is 0 Å². The number of nitro groups is 1. The van der Waals surface area contributed by atoms with E-state index in [0.717, 1.165) is 0 Å². The second-order valence-corrected chi connectivity index (χ2v) is 3.67. The van der Waals surface area contributed by atoms with Crippen molar-refractivity contribution in [3.05, 3.63) is 31.0 Å². The topological polar surface area (TPSA) is 56.0 Å². The van der Waals surface area contributed by atoms with Crippen molar-refractivity contribution < 1.29 is 4.92 Å². The third-order valence-corrected chi connectivity index (χ3v) is 3.50. The van der Waals surface area contributed by atoms with Crippen LogP contribution in [0.15, 0.2) is 15.3 Å². The second-order valence-electron chi connectivity index (χ2n) is 2.13. The minimum atomic E-state index is -0.459. The van der Waals surface area contributed by atoms with Crippen LogP contribution in [0.4, 0.5) is 5.69 Å². The van der Waals surface area contributed by atoms with Gasteiger partial charge in [-0.15, -0.1) is 0 Å². The Kier molecular flexibility index (Phi) is 2.79. The van der Waals surface area contributed by atoms with Crippen molar-refractivity contribution in [1.82, 2.24) is 4.98 Å². The van der Waals surface area contributed by atoms with Crippen molar-refractivity contribution in [2.75, 3.05) is 0 Å². The zero-order valence-corrected chi connectivity index (χ0v) is 9.22. The molecular weight excluding hydrogens is 292 g/mol. The van der Waals surface area contributed by atoms with Crippen LogP contribution in [0.1, 0.15) is 5.56 Å². The van der Waals surface area contributed by atoms with Crippen LogP contribution in [0.2, 0.25) is 0 Å². The van der Waals surface area contributed by atoms with Gasteiger partial charge in [-0.05, 0) is 38.8 Å². The maximum Gasteiger partial charge on any atom is 0.291 e. The lowest BCUT2D eigenvalue weighted by Crippen LogP contribution is -1.94. The lowest BCUT2D eigenvalue weighted by Gasteiger charge is -2.00. The average Bonchev–Trinajstić information content (AvgIpc) is 2.00. The van der Waals surface area contributed by atoms with Crippen LogP contribution in [-0.4, -0.2) is 9.91 Å². The van der Waals surface area contributed by atoms with E-state index in [2.05, 4.69) is 36.8 Å². The van der Waals surface area contributed by atoms with Crippen LogP contribution in [0.25, 0.3) is 0 Å². The van der Waals surface area contributed by atoms with Gasteiger partial charge in [0.2, 0.25) is 0 Å². The molecule has 0 saturated carbocycles. The molecule has 0 saturated heterocycles. The Labute approximate surface area is 85.4 Å². The van der Waals surface area contributed by atoms with Gasteiger partial charge in [0.05, 0.1) is 9.40 Å². The lowest BCUT2D eigenvalue weighted by atomic mass is 10.3. The van der Waals surface area contributed by atoms with Gasteiger partial charge in [-0.2, -0.15) is 0 Å². The fourth-order valence-electron chi connectivity index (χ4n) is 0.723. The summed E-state index contributed by atoms with van der Waals surface area (Å²) in [7, 11) is 0. The Balaban J connectivity index is 3.36. The van der Waals surface area contributed by atoms with Crippen molar-refractivity contribution in [3.8, 4) is 0 Å². The summed E-state index contributed by atoms with van der Waals surface area (Å²) in [5.74, 6) is 0. The highest BCUT2D eigenvalue weighted by atomic mass is 79.9. The predicted molar refractivity (Wildman–Crippen MR) is 51.0 cm³/mol. The molecule has 0 bridgehead atoms. The van der Waals surface area contributed by atoms with Gasteiger partial charge in [-0.25, -0.2) is 4.98 Å². The molecule has 64 valence electrons. The van der Waals surface area contributed by atoms with E-state index in [1.165, 1.54) is 6.20 Å². The molecule has 0 N–H and O–H groups in total. The summed E-state index contributed by atoms with van der Waals surface area (Å²) in [5.41, 5.74) is 0.590. The van der Waals surface area contributed by atoms with Crippen LogP contribution in [0.5, 0.6) is 0 Å². The largest absolute Gasteiger partial charge is 0.291 e. The molecule has 4 nitrogen and oxygen atoms in total. The molecule has 0 aliphatic carbocycles. The molecule has 0 spiro atoms. The van der Waals surface area contributed by atoms with Gasteiger partial charge in [0.1, 0.15) is 10.8 Å². The smallest absolute Gasteiger partial charge is 0.258 e. The molecule has 1 heterocycles. The highest BCUT2D eigenvalue weighted by Crippen LogP contribution is 2.30. The first-order valence-electron chi connectivity index (χ1n) is 2.99. The molecule has 0 aromatic carbocycles. The Morgan fingerprint density at radius 2 is 2.17 bits per heavy atom. The van der Waals surface area contributed by atoms with Crippen LogP contribution in [0.3, 0.4) is 0 Å². The van der Waals surface area contributed by atoms with Gasteiger partial charge < -0.3 is 0 Å². The van der Waals surface area contributed by atoms with E-state index in [4.69, 9.17) is 0 Å². The van der Waals surface area contributed by atoms with E-state index in [1.807, 2.05) is 0 Å². The SMILES string of the molecule is Cc1c([N+](=O)[O-])cnc(Br)c1Br. The standard InChI is InChI=1S/C6H4Br2N2O2/c1-3-4(10(11)12)2-9-6(8)5(3)7/h2H,1H3. The molecular formula is C6H4Br2N2O2. The first-order valence-corrected chi connectivity index (χ1v) is 4.57. The molecule has 6 heteroatoms. The second kappa shape index (κ2) is 3.49. The Hall–Kier alpha value is -0.490. The third-order valence-electron chi connectivity index (χ3n) is 1.39. The van der Waals surface area contributed by atoms with Crippen molar-refractivity contribution >= 4 is 37.5 Å². The van der Waals surface area contributed by atoms with Crippen molar-refractivity contribution in [2.24, 2.45) is 0 Å². The van der Waals surface area contributed by atoms with Gasteiger partial charge in [-0.3, -0.25) is 10.1 Å². The zero-order valence-electron chi connectivity index (χ0n) is 6.04. The summed E-state index contributed by atoms with van der Waals surface area (Å²) in [4.78, 5) is 13.7. The minimum Gasteiger partial charge on any atom is -0.258 e. The Morgan fingerprint density at radius 3 is 2.67 bits per heavy atom. The number of rotatable bonds is 1.